The molecule has 1 saturated heterocycles. The van der Waals surface area contributed by atoms with Crippen LogP contribution in [0.3, 0.4) is 0 Å². The Hall–Kier alpha value is -2.41. The molecule has 7 heteroatoms. The van der Waals surface area contributed by atoms with E-state index in [1.807, 2.05) is 38.2 Å². The highest BCUT2D eigenvalue weighted by Gasteiger charge is 2.25. The Kier molecular flexibility index (Phi) is 4.80. The van der Waals surface area contributed by atoms with Crippen molar-refractivity contribution in [3.8, 4) is 11.4 Å². The van der Waals surface area contributed by atoms with Gasteiger partial charge in [0, 0.05) is 31.4 Å². The molecular formula is C17H23N5O2. The summed E-state index contributed by atoms with van der Waals surface area (Å²) in [5.41, 5.74) is 1.66. The van der Waals surface area contributed by atoms with Gasteiger partial charge in [0.1, 0.15) is 6.33 Å². The summed E-state index contributed by atoms with van der Waals surface area (Å²) >= 11 is 0. The number of aliphatic hydroxyl groups excluding tert-OH is 1. The fourth-order valence-electron chi connectivity index (χ4n) is 2.96. The second-order valence-corrected chi connectivity index (χ2v) is 6.31. The normalized spacial score (nSPS) is 16.9. The van der Waals surface area contributed by atoms with Crippen LogP contribution < -0.4 is 5.32 Å². The number of rotatable bonds is 3. The standard InChI is InChI=1S/C17H23N5O2/c1-12(23)13-7-9-22(10-8-13)17(24)19-15-5-3-14(4-6-15)16-18-11-21(2)20-16/h3-6,11-13,23H,7-10H2,1-2H3,(H,19,24). The van der Waals surface area contributed by atoms with Crippen molar-refractivity contribution < 1.29 is 9.90 Å². The molecule has 1 fully saturated rings. The van der Waals surface area contributed by atoms with Gasteiger partial charge in [-0.1, -0.05) is 0 Å². The largest absolute Gasteiger partial charge is 0.393 e. The molecule has 24 heavy (non-hydrogen) atoms. The molecule has 2 aromatic rings. The fraction of sp³-hybridized carbons (Fsp3) is 0.471. The van der Waals surface area contributed by atoms with Gasteiger partial charge in [-0.2, -0.15) is 5.10 Å². The minimum absolute atomic E-state index is 0.0947. The molecule has 0 aliphatic carbocycles. The van der Waals surface area contributed by atoms with Crippen molar-refractivity contribution in [1.29, 1.82) is 0 Å². The number of urea groups is 1. The Morgan fingerprint density at radius 2 is 1.96 bits per heavy atom. The number of nitrogens with one attached hydrogen (secondary N) is 1. The molecule has 3 rings (SSSR count). The van der Waals surface area contributed by atoms with E-state index < -0.39 is 0 Å². The number of carbonyl (C=O) groups excluding carboxylic acids is 1. The fourth-order valence-corrected chi connectivity index (χ4v) is 2.96. The van der Waals surface area contributed by atoms with Gasteiger partial charge < -0.3 is 15.3 Å². The maximum absolute atomic E-state index is 12.3. The minimum Gasteiger partial charge on any atom is -0.393 e. The lowest BCUT2D eigenvalue weighted by molar-refractivity contribution is 0.0820. The zero-order chi connectivity index (χ0) is 17.1. The van der Waals surface area contributed by atoms with E-state index >= 15 is 0 Å². The van der Waals surface area contributed by atoms with Crippen LogP contribution in [-0.4, -0.2) is 50.0 Å². The number of aliphatic hydroxyl groups is 1. The summed E-state index contributed by atoms with van der Waals surface area (Å²) < 4.78 is 1.65. The molecule has 0 radical (unpaired) electrons. The predicted octanol–water partition coefficient (Wildman–Crippen LogP) is 2.11. The molecule has 1 unspecified atom stereocenters. The van der Waals surface area contributed by atoms with Crippen LogP contribution in [0.15, 0.2) is 30.6 Å². The lowest BCUT2D eigenvalue weighted by Crippen LogP contribution is -2.42. The van der Waals surface area contributed by atoms with Gasteiger partial charge >= 0.3 is 6.03 Å². The van der Waals surface area contributed by atoms with Gasteiger partial charge in [-0.3, -0.25) is 4.68 Å². The first-order valence-electron chi connectivity index (χ1n) is 8.23. The second-order valence-electron chi connectivity index (χ2n) is 6.31. The van der Waals surface area contributed by atoms with Gasteiger partial charge in [0.05, 0.1) is 6.10 Å². The summed E-state index contributed by atoms with van der Waals surface area (Å²) in [5, 5.41) is 16.8. The van der Waals surface area contributed by atoms with Crippen molar-refractivity contribution in [2.45, 2.75) is 25.9 Å². The number of piperidine rings is 1. The van der Waals surface area contributed by atoms with E-state index in [1.165, 1.54) is 0 Å². The van der Waals surface area contributed by atoms with E-state index in [1.54, 1.807) is 15.9 Å². The second kappa shape index (κ2) is 7.00. The molecule has 1 aromatic carbocycles. The van der Waals surface area contributed by atoms with Crippen LogP contribution in [0, 0.1) is 5.92 Å². The van der Waals surface area contributed by atoms with Crippen LogP contribution in [0.2, 0.25) is 0 Å². The molecule has 1 aliphatic heterocycles. The van der Waals surface area contributed by atoms with Crippen molar-refractivity contribution in [3.05, 3.63) is 30.6 Å². The summed E-state index contributed by atoms with van der Waals surface area (Å²) in [6, 6.07) is 7.40. The summed E-state index contributed by atoms with van der Waals surface area (Å²) in [7, 11) is 1.83. The van der Waals surface area contributed by atoms with Crippen LogP contribution in [0.1, 0.15) is 19.8 Å². The van der Waals surface area contributed by atoms with E-state index in [9.17, 15) is 9.90 Å². The molecule has 2 heterocycles. The van der Waals surface area contributed by atoms with Crippen LogP contribution in [0.25, 0.3) is 11.4 Å². The predicted molar refractivity (Wildman–Crippen MR) is 91.4 cm³/mol. The Labute approximate surface area is 141 Å². The maximum Gasteiger partial charge on any atom is 0.321 e. The Morgan fingerprint density at radius 1 is 1.29 bits per heavy atom. The number of amides is 2. The first-order valence-corrected chi connectivity index (χ1v) is 8.23. The quantitative estimate of drug-likeness (QED) is 0.903. The number of hydrogen-bond acceptors (Lipinski definition) is 4. The third kappa shape index (κ3) is 3.73. The highest BCUT2D eigenvalue weighted by atomic mass is 16.3. The Balaban J connectivity index is 1.57. The molecule has 2 N–H and O–H groups in total. The number of aromatic nitrogens is 3. The number of benzene rings is 1. The van der Waals surface area contributed by atoms with Gasteiger partial charge in [-0.05, 0) is 49.9 Å². The number of aryl methyl sites for hydroxylation is 1. The Morgan fingerprint density at radius 3 is 2.50 bits per heavy atom. The van der Waals surface area contributed by atoms with Crippen molar-refractivity contribution in [3.63, 3.8) is 0 Å². The van der Waals surface area contributed by atoms with E-state index in [4.69, 9.17) is 0 Å². The lowest BCUT2D eigenvalue weighted by Gasteiger charge is -2.33. The van der Waals surface area contributed by atoms with Gasteiger partial charge in [-0.25, -0.2) is 9.78 Å². The summed E-state index contributed by atoms with van der Waals surface area (Å²) in [6.07, 6.45) is 3.04. The number of likely N-dealkylation sites (tertiary alicyclic amines) is 1. The highest BCUT2D eigenvalue weighted by Crippen LogP contribution is 2.22. The number of nitrogens with zero attached hydrogens (tertiary/aromatic N) is 4. The molecule has 2 amide bonds. The molecule has 1 aromatic heterocycles. The van der Waals surface area contributed by atoms with Crippen LogP contribution in [0.5, 0.6) is 0 Å². The topological polar surface area (TPSA) is 83.3 Å². The van der Waals surface area contributed by atoms with Gasteiger partial charge in [0.2, 0.25) is 0 Å². The van der Waals surface area contributed by atoms with E-state index in [0.717, 1.165) is 24.1 Å². The SMILES string of the molecule is CC(O)C1CCN(C(=O)Nc2ccc(-c3ncn(C)n3)cc2)CC1. The number of carbonyl (C=O) groups is 1. The molecule has 128 valence electrons. The summed E-state index contributed by atoms with van der Waals surface area (Å²) in [5.74, 6) is 0.953. The van der Waals surface area contributed by atoms with Crippen molar-refractivity contribution >= 4 is 11.7 Å². The van der Waals surface area contributed by atoms with Gasteiger partial charge in [-0.15, -0.1) is 0 Å². The number of hydrogen-bond donors (Lipinski definition) is 2. The molecule has 1 aliphatic rings. The third-order valence-corrected chi connectivity index (χ3v) is 4.50. The summed E-state index contributed by atoms with van der Waals surface area (Å²) in [4.78, 5) is 18.3. The van der Waals surface area contributed by atoms with Crippen molar-refractivity contribution in [2.24, 2.45) is 13.0 Å². The molecule has 1 atom stereocenters. The molecule has 7 nitrogen and oxygen atoms in total. The van der Waals surface area contributed by atoms with E-state index in [0.29, 0.717) is 24.8 Å². The zero-order valence-corrected chi connectivity index (χ0v) is 14.0. The van der Waals surface area contributed by atoms with E-state index in [2.05, 4.69) is 15.4 Å². The first-order chi connectivity index (χ1) is 11.5. The first kappa shape index (κ1) is 16.4. The highest BCUT2D eigenvalue weighted by molar-refractivity contribution is 5.89. The number of anilines is 1. The van der Waals surface area contributed by atoms with Gasteiger partial charge in [0.25, 0.3) is 0 Å². The van der Waals surface area contributed by atoms with Gasteiger partial charge in [0.15, 0.2) is 5.82 Å². The molecular weight excluding hydrogens is 306 g/mol. The lowest BCUT2D eigenvalue weighted by atomic mass is 9.92. The van der Waals surface area contributed by atoms with Crippen LogP contribution >= 0.6 is 0 Å². The van der Waals surface area contributed by atoms with Crippen molar-refractivity contribution in [2.75, 3.05) is 18.4 Å². The van der Waals surface area contributed by atoms with Crippen LogP contribution in [-0.2, 0) is 7.05 Å². The smallest absolute Gasteiger partial charge is 0.321 e. The molecule has 0 saturated carbocycles. The van der Waals surface area contributed by atoms with Crippen molar-refractivity contribution in [1.82, 2.24) is 19.7 Å². The van der Waals surface area contributed by atoms with Crippen LogP contribution in [0.4, 0.5) is 10.5 Å². The molecule has 0 spiro atoms. The molecule has 0 bridgehead atoms. The zero-order valence-electron chi connectivity index (χ0n) is 14.0. The maximum atomic E-state index is 12.3. The monoisotopic (exact) mass is 329 g/mol. The van der Waals surface area contributed by atoms with E-state index in [-0.39, 0.29) is 12.1 Å². The summed E-state index contributed by atoms with van der Waals surface area (Å²) in [6.45, 7) is 3.17. The minimum atomic E-state index is -0.303. The Bertz CT molecular complexity index is 687. The third-order valence-electron chi connectivity index (χ3n) is 4.50. The average Bonchev–Trinajstić information content (AvgIpc) is 3.02. The average molecular weight is 329 g/mol.